The molecule has 0 saturated carbocycles. The Hall–Kier alpha value is -2.77. The molecule has 0 spiro atoms. The van der Waals surface area contributed by atoms with Crippen molar-refractivity contribution in [3.63, 3.8) is 0 Å². The maximum Gasteiger partial charge on any atom is 0.247 e. The monoisotopic (exact) mass is 284 g/mol. The summed E-state index contributed by atoms with van der Waals surface area (Å²) in [7, 11) is 0. The fourth-order valence-electron chi connectivity index (χ4n) is 2.00. The van der Waals surface area contributed by atoms with Gasteiger partial charge < -0.3 is 9.88 Å². The number of anilines is 1. The van der Waals surface area contributed by atoms with Crippen LogP contribution >= 0.6 is 0 Å². The SMILES string of the molecule is c1ccc(-n2nnnc2NCCCCn2cnnc2)cc1. The summed E-state index contributed by atoms with van der Waals surface area (Å²) in [6, 6.07) is 9.81. The van der Waals surface area contributed by atoms with Gasteiger partial charge in [-0.25, -0.2) is 0 Å². The minimum Gasteiger partial charge on any atom is -0.353 e. The number of aromatic nitrogens is 7. The van der Waals surface area contributed by atoms with E-state index in [0.717, 1.165) is 31.6 Å². The summed E-state index contributed by atoms with van der Waals surface area (Å²) in [5.74, 6) is 0.658. The third kappa shape index (κ3) is 3.41. The van der Waals surface area contributed by atoms with E-state index >= 15 is 0 Å². The molecule has 0 aliphatic carbocycles. The van der Waals surface area contributed by atoms with E-state index < -0.39 is 0 Å². The zero-order chi connectivity index (χ0) is 14.3. The number of benzene rings is 1. The van der Waals surface area contributed by atoms with Crippen LogP contribution < -0.4 is 5.32 Å². The fraction of sp³-hybridized carbons (Fsp3) is 0.308. The van der Waals surface area contributed by atoms with Gasteiger partial charge in [0.15, 0.2) is 0 Å². The molecule has 0 fully saturated rings. The van der Waals surface area contributed by atoms with Gasteiger partial charge in [0.2, 0.25) is 5.95 Å². The van der Waals surface area contributed by atoms with E-state index in [1.807, 2.05) is 34.9 Å². The molecule has 0 atom stereocenters. The predicted molar refractivity (Wildman–Crippen MR) is 76.9 cm³/mol. The van der Waals surface area contributed by atoms with Gasteiger partial charge >= 0.3 is 0 Å². The largest absolute Gasteiger partial charge is 0.353 e. The van der Waals surface area contributed by atoms with Gasteiger partial charge in [-0.1, -0.05) is 23.3 Å². The number of aryl methyl sites for hydroxylation is 1. The summed E-state index contributed by atoms with van der Waals surface area (Å²) in [5, 5.41) is 22.5. The number of hydrogen-bond donors (Lipinski definition) is 1. The van der Waals surface area contributed by atoms with Gasteiger partial charge in [-0.05, 0) is 35.4 Å². The summed E-state index contributed by atoms with van der Waals surface area (Å²) in [6.07, 6.45) is 5.50. The van der Waals surface area contributed by atoms with Crippen LogP contribution in [0.25, 0.3) is 5.69 Å². The highest BCUT2D eigenvalue weighted by Gasteiger charge is 2.06. The summed E-state index contributed by atoms with van der Waals surface area (Å²) < 4.78 is 3.66. The first kappa shape index (κ1) is 13.2. The van der Waals surface area contributed by atoms with Crippen LogP contribution in [0.3, 0.4) is 0 Å². The van der Waals surface area contributed by atoms with Gasteiger partial charge in [-0.3, -0.25) is 0 Å². The minimum absolute atomic E-state index is 0.658. The van der Waals surface area contributed by atoms with Crippen LogP contribution in [0.15, 0.2) is 43.0 Å². The molecule has 1 aromatic carbocycles. The Morgan fingerprint density at radius 3 is 2.62 bits per heavy atom. The van der Waals surface area contributed by atoms with E-state index in [9.17, 15) is 0 Å². The Balaban J connectivity index is 1.49. The van der Waals surface area contributed by atoms with Gasteiger partial charge in [0.1, 0.15) is 12.7 Å². The highest BCUT2D eigenvalue weighted by Crippen LogP contribution is 2.10. The quantitative estimate of drug-likeness (QED) is 0.655. The lowest BCUT2D eigenvalue weighted by molar-refractivity contribution is 0.618. The lowest BCUT2D eigenvalue weighted by Gasteiger charge is -2.07. The lowest BCUT2D eigenvalue weighted by Crippen LogP contribution is -2.09. The highest BCUT2D eigenvalue weighted by molar-refractivity contribution is 5.38. The van der Waals surface area contributed by atoms with E-state index in [0.29, 0.717) is 5.95 Å². The van der Waals surface area contributed by atoms with Crippen LogP contribution in [-0.4, -0.2) is 41.5 Å². The number of hydrogen-bond acceptors (Lipinski definition) is 6. The van der Waals surface area contributed by atoms with Crippen molar-refractivity contribution in [3.8, 4) is 5.69 Å². The molecule has 0 radical (unpaired) electrons. The first-order valence-electron chi connectivity index (χ1n) is 6.83. The lowest BCUT2D eigenvalue weighted by atomic mass is 10.3. The second-order valence-corrected chi connectivity index (χ2v) is 4.58. The van der Waals surface area contributed by atoms with E-state index in [4.69, 9.17) is 0 Å². The Morgan fingerprint density at radius 1 is 1.00 bits per heavy atom. The van der Waals surface area contributed by atoms with Crippen LogP contribution in [0.4, 0.5) is 5.95 Å². The van der Waals surface area contributed by atoms with Crippen molar-refractivity contribution < 1.29 is 0 Å². The zero-order valence-corrected chi connectivity index (χ0v) is 11.5. The van der Waals surface area contributed by atoms with E-state index in [1.165, 1.54) is 0 Å². The van der Waals surface area contributed by atoms with Gasteiger partial charge in [0.05, 0.1) is 5.69 Å². The topological polar surface area (TPSA) is 86.3 Å². The third-order valence-electron chi connectivity index (χ3n) is 3.06. The average molecular weight is 284 g/mol. The van der Waals surface area contributed by atoms with Crippen molar-refractivity contribution >= 4 is 5.95 Å². The molecule has 0 aliphatic rings. The van der Waals surface area contributed by atoms with Crippen molar-refractivity contribution in [2.75, 3.05) is 11.9 Å². The molecule has 3 aromatic rings. The molecular weight excluding hydrogens is 268 g/mol. The molecule has 0 saturated heterocycles. The maximum atomic E-state index is 4.01. The van der Waals surface area contributed by atoms with Crippen LogP contribution in [0.5, 0.6) is 0 Å². The minimum atomic E-state index is 0.658. The van der Waals surface area contributed by atoms with E-state index in [1.54, 1.807) is 17.3 Å². The number of nitrogens with one attached hydrogen (secondary N) is 1. The van der Waals surface area contributed by atoms with Crippen LogP contribution in [0, 0.1) is 0 Å². The first-order chi connectivity index (χ1) is 10.4. The van der Waals surface area contributed by atoms with Crippen molar-refractivity contribution in [1.82, 2.24) is 35.0 Å². The van der Waals surface area contributed by atoms with Crippen molar-refractivity contribution in [1.29, 1.82) is 0 Å². The molecule has 2 aromatic heterocycles. The standard InChI is InChI=1S/C13H16N8/c1-2-6-12(7-3-1)21-13(17-18-19-21)14-8-4-5-9-20-10-15-16-11-20/h1-3,6-7,10-11H,4-5,8-9H2,(H,14,17,19). The van der Waals surface area contributed by atoms with Gasteiger partial charge in [-0.2, -0.15) is 4.68 Å². The van der Waals surface area contributed by atoms with Crippen LogP contribution in [0.1, 0.15) is 12.8 Å². The third-order valence-corrected chi connectivity index (χ3v) is 3.06. The maximum absolute atomic E-state index is 4.01. The Labute approximate surface area is 121 Å². The van der Waals surface area contributed by atoms with Crippen LogP contribution in [0.2, 0.25) is 0 Å². The average Bonchev–Trinajstić information content (AvgIpc) is 3.19. The Morgan fingerprint density at radius 2 is 1.81 bits per heavy atom. The second-order valence-electron chi connectivity index (χ2n) is 4.58. The number of unbranched alkanes of at least 4 members (excludes halogenated alkanes) is 1. The Kier molecular flexibility index (Phi) is 4.15. The molecule has 0 bridgehead atoms. The molecular formula is C13H16N8. The van der Waals surface area contributed by atoms with E-state index in [2.05, 4.69) is 31.0 Å². The molecule has 1 N–H and O–H groups in total. The summed E-state index contributed by atoms with van der Waals surface area (Å²) in [6.45, 7) is 1.73. The van der Waals surface area contributed by atoms with Gasteiger partial charge in [0, 0.05) is 13.1 Å². The highest BCUT2D eigenvalue weighted by atomic mass is 15.6. The normalized spacial score (nSPS) is 10.7. The molecule has 0 aliphatic heterocycles. The van der Waals surface area contributed by atoms with Gasteiger partial charge in [0.25, 0.3) is 0 Å². The number of para-hydroxylation sites is 1. The number of nitrogens with zero attached hydrogens (tertiary/aromatic N) is 7. The smallest absolute Gasteiger partial charge is 0.247 e. The predicted octanol–water partition coefficient (Wildman–Crippen LogP) is 1.15. The molecule has 108 valence electrons. The summed E-state index contributed by atoms with van der Waals surface area (Å²) >= 11 is 0. The molecule has 0 unspecified atom stereocenters. The molecule has 0 amide bonds. The molecule has 21 heavy (non-hydrogen) atoms. The molecule has 3 rings (SSSR count). The van der Waals surface area contributed by atoms with Crippen molar-refractivity contribution in [2.24, 2.45) is 0 Å². The zero-order valence-electron chi connectivity index (χ0n) is 11.5. The summed E-state index contributed by atoms with van der Waals surface area (Å²) in [5.41, 5.74) is 0.939. The number of tetrazole rings is 1. The Bertz CT molecular complexity index is 646. The molecule has 8 heteroatoms. The molecule has 8 nitrogen and oxygen atoms in total. The van der Waals surface area contributed by atoms with Crippen molar-refractivity contribution in [3.05, 3.63) is 43.0 Å². The van der Waals surface area contributed by atoms with Crippen molar-refractivity contribution in [2.45, 2.75) is 19.4 Å². The fourth-order valence-corrected chi connectivity index (χ4v) is 2.00. The second kappa shape index (κ2) is 6.60. The molecule has 2 heterocycles. The van der Waals surface area contributed by atoms with Gasteiger partial charge in [-0.15, -0.1) is 10.2 Å². The number of rotatable bonds is 7. The van der Waals surface area contributed by atoms with Crippen LogP contribution in [-0.2, 0) is 6.54 Å². The first-order valence-corrected chi connectivity index (χ1v) is 6.83. The van der Waals surface area contributed by atoms with E-state index in [-0.39, 0.29) is 0 Å². The summed E-state index contributed by atoms with van der Waals surface area (Å²) in [4.78, 5) is 0.